The van der Waals surface area contributed by atoms with Gasteiger partial charge in [-0.3, -0.25) is 4.98 Å². The fourth-order valence-corrected chi connectivity index (χ4v) is 2.84. The van der Waals surface area contributed by atoms with E-state index >= 15 is 0 Å². The third kappa shape index (κ3) is 2.55. The molecule has 1 aromatic heterocycles. The van der Waals surface area contributed by atoms with Gasteiger partial charge in [-0.15, -0.1) is 0 Å². The van der Waals surface area contributed by atoms with Crippen molar-refractivity contribution in [1.82, 2.24) is 9.88 Å². The van der Waals surface area contributed by atoms with Crippen molar-refractivity contribution in [2.45, 2.75) is 18.9 Å². The Morgan fingerprint density at radius 2 is 2.38 bits per heavy atom. The second kappa shape index (κ2) is 5.15. The van der Waals surface area contributed by atoms with Gasteiger partial charge in [0, 0.05) is 32.0 Å². The van der Waals surface area contributed by atoms with Crippen LogP contribution in [0.2, 0.25) is 0 Å². The van der Waals surface area contributed by atoms with Gasteiger partial charge in [-0.1, -0.05) is 0 Å². The van der Waals surface area contributed by atoms with E-state index in [4.69, 9.17) is 0 Å². The van der Waals surface area contributed by atoms with Crippen molar-refractivity contribution < 1.29 is 0 Å². The first-order valence-corrected chi connectivity index (χ1v) is 6.48. The van der Waals surface area contributed by atoms with Crippen LogP contribution in [0.5, 0.6) is 0 Å². The van der Waals surface area contributed by atoms with Crippen molar-refractivity contribution in [2.24, 2.45) is 0 Å². The Kier molecular flexibility index (Phi) is 3.82. The zero-order valence-corrected chi connectivity index (χ0v) is 11.4. The van der Waals surface area contributed by atoms with Crippen molar-refractivity contribution in [3.8, 4) is 0 Å². The molecule has 0 aromatic carbocycles. The number of piperidine rings is 1. The molecule has 1 unspecified atom stereocenters. The van der Waals surface area contributed by atoms with E-state index in [0.29, 0.717) is 6.04 Å². The third-order valence-corrected chi connectivity index (χ3v) is 3.89. The summed E-state index contributed by atoms with van der Waals surface area (Å²) in [5, 5.41) is 0. The SMILES string of the molecule is CN1CCCC(N(C)c2ccncc2Br)C1. The lowest BCUT2D eigenvalue weighted by Gasteiger charge is -2.37. The molecule has 1 aliphatic heterocycles. The Bertz CT molecular complexity index is 356. The highest BCUT2D eigenvalue weighted by Gasteiger charge is 2.22. The molecular formula is C12H18BrN3. The molecule has 1 saturated heterocycles. The molecule has 0 bridgehead atoms. The molecule has 3 nitrogen and oxygen atoms in total. The van der Waals surface area contributed by atoms with Gasteiger partial charge in [0.25, 0.3) is 0 Å². The molecule has 1 aliphatic rings. The Hall–Kier alpha value is -0.610. The zero-order valence-electron chi connectivity index (χ0n) is 9.86. The largest absolute Gasteiger partial charge is 0.369 e. The van der Waals surface area contributed by atoms with E-state index in [2.05, 4.69) is 50.9 Å². The summed E-state index contributed by atoms with van der Waals surface area (Å²) in [6.45, 7) is 2.37. The predicted molar refractivity (Wildman–Crippen MR) is 70.9 cm³/mol. The fraction of sp³-hybridized carbons (Fsp3) is 0.583. The number of hydrogen-bond acceptors (Lipinski definition) is 3. The summed E-state index contributed by atoms with van der Waals surface area (Å²) < 4.78 is 1.07. The summed E-state index contributed by atoms with van der Waals surface area (Å²) in [6.07, 6.45) is 6.27. The molecule has 0 N–H and O–H groups in total. The Labute approximate surface area is 106 Å². The normalized spacial score (nSPS) is 22.1. The second-order valence-corrected chi connectivity index (χ2v) is 5.35. The molecule has 0 aliphatic carbocycles. The number of likely N-dealkylation sites (tertiary alicyclic amines) is 1. The second-order valence-electron chi connectivity index (χ2n) is 4.50. The summed E-state index contributed by atoms with van der Waals surface area (Å²) >= 11 is 3.56. The number of likely N-dealkylation sites (N-methyl/N-ethyl adjacent to an activating group) is 2. The average Bonchev–Trinajstić information content (AvgIpc) is 2.29. The van der Waals surface area contributed by atoms with E-state index in [-0.39, 0.29) is 0 Å². The summed E-state index contributed by atoms with van der Waals surface area (Å²) in [6, 6.07) is 2.68. The zero-order chi connectivity index (χ0) is 11.5. The molecule has 0 amide bonds. The number of nitrogens with zero attached hydrogens (tertiary/aromatic N) is 3. The van der Waals surface area contributed by atoms with E-state index in [1.807, 2.05) is 12.4 Å². The lowest BCUT2D eigenvalue weighted by Crippen LogP contribution is -2.45. The molecule has 16 heavy (non-hydrogen) atoms. The van der Waals surface area contributed by atoms with Gasteiger partial charge in [-0.2, -0.15) is 0 Å². The number of rotatable bonds is 2. The molecular weight excluding hydrogens is 266 g/mol. The van der Waals surface area contributed by atoms with Crippen LogP contribution in [0, 0.1) is 0 Å². The predicted octanol–water partition coefficient (Wildman–Crippen LogP) is 2.37. The van der Waals surface area contributed by atoms with Crippen LogP contribution in [0.3, 0.4) is 0 Å². The van der Waals surface area contributed by atoms with E-state index in [1.54, 1.807) is 0 Å². The van der Waals surface area contributed by atoms with E-state index in [0.717, 1.165) is 11.0 Å². The van der Waals surface area contributed by atoms with Crippen LogP contribution >= 0.6 is 15.9 Å². The molecule has 2 heterocycles. The molecule has 0 spiro atoms. The maximum Gasteiger partial charge on any atom is 0.0592 e. The van der Waals surface area contributed by atoms with E-state index in [1.165, 1.54) is 25.1 Å². The minimum Gasteiger partial charge on any atom is -0.369 e. The summed E-state index contributed by atoms with van der Waals surface area (Å²) in [5.41, 5.74) is 1.23. The minimum absolute atomic E-state index is 0.609. The van der Waals surface area contributed by atoms with Crippen molar-refractivity contribution in [2.75, 3.05) is 32.1 Å². The van der Waals surface area contributed by atoms with Gasteiger partial charge in [0.15, 0.2) is 0 Å². The minimum atomic E-state index is 0.609. The van der Waals surface area contributed by atoms with Gasteiger partial charge in [0.2, 0.25) is 0 Å². The molecule has 0 radical (unpaired) electrons. The highest BCUT2D eigenvalue weighted by molar-refractivity contribution is 9.10. The van der Waals surface area contributed by atoms with Crippen LogP contribution in [-0.4, -0.2) is 43.1 Å². The van der Waals surface area contributed by atoms with Crippen molar-refractivity contribution >= 4 is 21.6 Å². The number of anilines is 1. The van der Waals surface area contributed by atoms with E-state index < -0.39 is 0 Å². The van der Waals surface area contributed by atoms with Gasteiger partial charge in [0.1, 0.15) is 0 Å². The molecule has 1 fully saturated rings. The Balaban J connectivity index is 2.12. The lowest BCUT2D eigenvalue weighted by atomic mass is 10.0. The topological polar surface area (TPSA) is 19.4 Å². The van der Waals surface area contributed by atoms with Gasteiger partial charge in [-0.25, -0.2) is 0 Å². The molecule has 4 heteroatoms. The number of aromatic nitrogens is 1. The van der Waals surface area contributed by atoms with Crippen molar-refractivity contribution in [3.63, 3.8) is 0 Å². The lowest BCUT2D eigenvalue weighted by molar-refractivity contribution is 0.248. The average molecular weight is 284 g/mol. The Morgan fingerprint density at radius 3 is 3.06 bits per heavy atom. The van der Waals surface area contributed by atoms with E-state index in [9.17, 15) is 0 Å². The monoisotopic (exact) mass is 283 g/mol. The Morgan fingerprint density at radius 1 is 1.56 bits per heavy atom. The molecule has 1 atom stereocenters. The molecule has 88 valence electrons. The molecule has 2 rings (SSSR count). The summed E-state index contributed by atoms with van der Waals surface area (Å²) in [7, 11) is 4.37. The third-order valence-electron chi connectivity index (χ3n) is 3.28. The van der Waals surface area contributed by atoms with Gasteiger partial charge < -0.3 is 9.80 Å². The van der Waals surface area contributed by atoms with Crippen LogP contribution in [0.15, 0.2) is 22.9 Å². The molecule has 0 saturated carbocycles. The summed E-state index contributed by atoms with van der Waals surface area (Å²) in [5.74, 6) is 0. The van der Waals surface area contributed by atoms with Crippen LogP contribution in [-0.2, 0) is 0 Å². The van der Waals surface area contributed by atoms with Crippen LogP contribution < -0.4 is 4.90 Å². The van der Waals surface area contributed by atoms with Gasteiger partial charge >= 0.3 is 0 Å². The first kappa shape index (κ1) is 11.9. The van der Waals surface area contributed by atoms with Gasteiger partial charge in [-0.05, 0) is 48.4 Å². The number of halogens is 1. The standard InChI is InChI=1S/C12H18BrN3/c1-15-7-3-4-10(9-15)16(2)12-5-6-14-8-11(12)13/h5-6,8,10H,3-4,7,9H2,1-2H3. The van der Waals surface area contributed by atoms with Crippen LogP contribution in [0.1, 0.15) is 12.8 Å². The maximum absolute atomic E-state index is 4.10. The first-order chi connectivity index (χ1) is 7.68. The molecule has 1 aromatic rings. The van der Waals surface area contributed by atoms with Crippen molar-refractivity contribution in [3.05, 3.63) is 22.9 Å². The number of pyridine rings is 1. The smallest absolute Gasteiger partial charge is 0.0592 e. The first-order valence-electron chi connectivity index (χ1n) is 5.69. The highest BCUT2D eigenvalue weighted by Crippen LogP contribution is 2.27. The summed E-state index contributed by atoms with van der Waals surface area (Å²) in [4.78, 5) is 8.87. The quantitative estimate of drug-likeness (QED) is 0.831. The van der Waals surface area contributed by atoms with Gasteiger partial charge in [0.05, 0.1) is 10.2 Å². The number of hydrogen-bond donors (Lipinski definition) is 0. The fourth-order valence-electron chi connectivity index (χ4n) is 2.31. The highest BCUT2D eigenvalue weighted by atomic mass is 79.9. The maximum atomic E-state index is 4.10. The van der Waals surface area contributed by atoms with Crippen LogP contribution in [0.25, 0.3) is 0 Å². The van der Waals surface area contributed by atoms with Crippen molar-refractivity contribution in [1.29, 1.82) is 0 Å². The van der Waals surface area contributed by atoms with Crippen LogP contribution in [0.4, 0.5) is 5.69 Å².